The fourth-order valence-corrected chi connectivity index (χ4v) is 3.72. The average Bonchev–Trinajstić information content (AvgIpc) is 2.72. The van der Waals surface area contributed by atoms with Gasteiger partial charge in [-0.05, 0) is 37.0 Å². The van der Waals surface area contributed by atoms with Crippen LogP contribution >= 0.6 is 0 Å². The quantitative estimate of drug-likeness (QED) is 0.773. The van der Waals surface area contributed by atoms with E-state index >= 15 is 0 Å². The number of carbonyl (C=O) groups excluding carboxylic acids is 1. The topological polar surface area (TPSA) is 51.2 Å². The highest BCUT2D eigenvalue weighted by Crippen LogP contribution is 2.27. The SMILES string of the molecule is COc1ccc(CCN2CCN(C(=O)C3CCOCC3)CC2)cc1OC. The number of hydrogen-bond acceptors (Lipinski definition) is 5. The Morgan fingerprint density at radius 1 is 1.08 bits per heavy atom. The van der Waals surface area contributed by atoms with Crippen LogP contribution in [0.1, 0.15) is 18.4 Å². The van der Waals surface area contributed by atoms with Crippen molar-refractivity contribution < 1.29 is 19.0 Å². The number of carbonyl (C=O) groups is 1. The summed E-state index contributed by atoms with van der Waals surface area (Å²) in [4.78, 5) is 17.1. The summed E-state index contributed by atoms with van der Waals surface area (Å²) in [6.45, 7) is 6.01. The van der Waals surface area contributed by atoms with Gasteiger partial charge < -0.3 is 19.1 Å². The van der Waals surface area contributed by atoms with Gasteiger partial charge in [0.05, 0.1) is 14.2 Å². The van der Waals surface area contributed by atoms with E-state index in [1.807, 2.05) is 17.0 Å². The van der Waals surface area contributed by atoms with Crippen molar-refractivity contribution in [2.75, 3.05) is 60.2 Å². The summed E-state index contributed by atoms with van der Waals surface area (Å²) in [7, 11) is 3.31. The predicted molar refractivity (Wildman–Crippen MR) is 99.8 cm³/mol. The van der Waals surface area contributed by atoms with Gasteiger partial charge in [-0.2, -0.15) is 0 Å². The van der Waals surface area contributed by atoms with Crippen LogP contribution in [0.25, 0.3) is 0 Å². The number of nitrogens with zero attached hydrogens (tertiary/aromatic N) is 2. The first-order chi connectivity index (χ1) is 12.7. The number of hydrogen-bond donors (Lipinski definition) is 0. The van der Waals surface area contributed by atoms with E-state index in [9.17, 15) is 4.79 Å². The summed E-state index contributed by atoms with van der Waals surface area (Å²) in [6, 6.07) is 6.09. The lowest BCUT2D eigenvalue weighted by molar-refractivity contribution is -0.140. The number of piperazine rings is 1. The number of ether oxygens (including phenoxy) is 3. The second kappa shape index (κ2) is 9.24. The fourth-order valence-electron chi connectivity index (χ4n) is 3.72. The summed E-state index contributed by atoms with van der Waals surface area (Å²) < 4.78 is 16.0. The molecule has 0 spiro atoms. The van der Waals surface area contributed by atoms with Crippen molar-refractivity contribution in [3.63, 3.8) is 0 Å². The van der Waals surface area contributed by atoms with E-state index in [1.165, 1.54) is 5.56 Å². The molecule has 3 rings (SSSR count). The van der Waals surface area contributed by atoms with E-state index in [0.29, 0.717) is 5.91 Å². The Hall–Kier alpha value is -1.79. The first kappa shape index (κ1) is 19.0. The maximum absolute atomic E-state index is 12.6. The normalized spacial score (nSPS) is 19.4. The summed E-state index contributed by atoms with van der Waals surface area (Å²) in [5.74, 6) is 2.03. The average molecular weight is 362 g/mol. The van der Waals surface area contributed by atoms with E-state index < -0.39 is 0 Å². The van der Waals surface area contributed by atoms with E-state index in [-0.39, 0.29) is 5.92 Å². The highest BCUT2D eigenvalue weighted by molar-refractivity contribution is 5.79. The first-order valence-corrected chi connectivity index (χ1v) is 9.51. The van der Waals surface area contributed by atoms with Crippen molar-refractivity contribution >= 4 is 5.91 Å². The Morgan fingerprint density at radius 2 is 1.77 bits per heavy atom. The third-order valence-electron chi connectivity index (χ3n) is 5.42. The molecule has 144 valence electrons. The summed E-state index contributed by atoms with van der Waals surface area (Å²) in [5, 5.41) is 0. The second-order valence-electron chi connectivity index (χ2n) is 6.99. The minimum absolute atomic E-state index is 0.169. The van der Waals surface area contributed by atoms with Crippen molar-refractivity contribution in [2.24, 2.45) is 5.92 Å². The molecule has 26 heavy (non-hydrogen) atoms. The Labute approximate surface area is 156 Å². The molecule has 2 heterocycles. The van der Waals surface area contributed by atoms with Gasteiger partial charge in [0.15, 0.2) is 11.5 Å². The zero-order valence-electron chi connectivity index (χ0n) is 15.9. The van der Waals surface area contributed by atoms with Crippen LogP contribution in [0.2, 0.25) is 0 Å². The van der Waals surface area contributed by atoms with Crippen LogP contribution in [0, 0.1) is 5.92 Å². The van der Waals surface area contributed by atoms with Crippen LogP contribution in [-0.4, -0.2) is 75.9 Å². The molecule has 0 N–H and O–H groups in total. The lowest BCUT2D eigenvalue weighted by Crippen LogP contribution is -2.51. The van der Waals surface area contributed by atoms with Gasteiger partial charge in [0.2, 0.25) is 5.91 Å². The lowest BCUT2D eigenvalue weighted by Gasteiger charge is -2.37. The molecule has 6 nitrogen and oxygen atoms in total. The molecule has 0 unspecified atom stereocenters. The molecule has 1 amide bonds. The highest BCUT2D eigenvalue weighted by atomic mass is 16.5. The van der Waals surface area contributed by atoms with E-state index in [4.69, 9.17) is 14.2 Å². The van der Waals surface area contributed by atoms with Crippen LogP contribution in [0.15, 0.2) is 18.2 Å². The molecule has 0 bridgehead atoms. The van der Waals surface area contributed by atoms with Gasteiger partial charge >= 0.3 is 0 Å². The zero-order chi connectivity index (χ0) is 18.4. The second-order valence-corrected chi connectivity index (χ2v) is 6.99. The van der Waals surface area contributed by atoms with Gasteiger partial charge in [-0.1, -0.05) is 6.07 Å². The number of benzene rings is 1. The van der Waals surface area contributed by atoms with Gasteiger partial charge in [0.1, 0.15) is 0 Å². The molecule has 6 heteroatoms. The molecule has 2 aliphatic heterocycles. The monoisotopic (exact) mass is 362 g/mol. The highest BCUT2D eigenvalue weighted by Gasteiger charge is 2.28. The minimum atomic E-state index is 0.169. The Morgan fingerprint density at radius 3 is 2.42 bits per heavy atom. The number of rotatable bonds is 6. The zero-order valence-corrected chi connectivity index (χ0v) is 15.9. The largest absolute Gasteiger partial charge is 0.493 e. The smallest absolute Gasteiger partial charge is 0.225 e. The maximum Gasteiger partial charge on any atom is 0.225 e. The minimum Gasteiger partial charge on any atom is -0.493 e. The molecule has 0 saturated carbocycles. The van der Waals surface area contributed by atoms with Gasteiger partial charge in [0, 0.05) is 51.9 Å². The van der Waals surface area contributed by atoms with Gasteiger partial charge in [-0.3, -0.25) is 9.69 Å². The summed E-state index contributed by atoms with van der Waals surface area (Å²) in [5.41, 5.74) is 1.24. The van der Waals surface area contributed by atoms with Crippen LogP contribution in [0.4, 0.5) is 0 Å². The van der Waals surface area contributed by atoms with E-state index in [2.05, 4.69) is 11.0 Å². The lowest BCUT2D eigenvalue weighted by atomic mass is 9.98. The van der Waals surface area contributed by atoms with Crippen molar-refractivity contribution in [2.45, 2.75) is 19.3 Å². The molecule has 1 aromatic rings. The van der Waals surface area contributed by atoms with E-state index in [1.54, 1.807) is 14.2 Å². The Balaban J connectivity index is 1.44. The molecule has 2 saturated heterocycles. The summed E-state index contributed by atoms with van der Waals surface area (Å²) >= 11 is 0. The molecule has 0 aliphatic carbocycles. The third-order valence-corrected chi connectivity index (χ3v) is 5.42. The van der Waals surface area contributed by atoms with Crippen molar-refractivity contribution in [1.29, 1.82) is 0 Å². The molecule has 1 aromatic carbocycles. The predicted octanol–water partition coefficient (Wildman–Crippen LogP) is 1.82. The Bertz CT molecular complexity index is 593. The molecular formula is C20H30N2O4. The molecule has 0 atom stereocenters. The molecule has 2 aliphatic rings. The van der Waals surface area contributed by atoms with Crippen LogP contribution < -0.4 is 9.47 Å². The van der Waals surface area contributed by atoms with Crippen LogP contribution in [0.5, 0.6) is 11.5 Å². The fraction of sp³-hybridized carbons (Fsp3) is 0.650. The van der Waals surface area contributed by atoms with Crippen LogP contribution in [-0.2, 0) is 16.0 Å². The number of methoxy groups -OCH3 is 2. The van der Waals surface area contributed by atoms with Gasteiger partial charge in [0.25, 0.3) is 0 Å². The molecule has 0 radical (unpaired) electrons. The Kier molecular flexibility index (Phi) is 6.74. The third kappa shape index (κ3) is 4.68. The van der Waals surface area contributed by atoms with Gasteiger partial charge in [-0.25, -0.2) is 0 Å². The molecule has 0 aromatic heterocycles. The summed E-state index contributed by atoms with van der Waals surface area (Å²) in [6.07, 6.45) is 2.71. The standard InChI is InChI=1S/C20H30N2O4/c1-24-18-4-3-16(15-19(18)25-2)5-8-21-9-11-22(12-10-21)20(23)17-6-13-26-14-7-17/h3-4,15,17H,5-14H2,1-2H3. The molecular weight excluding hydrogens is 332 g/mol. The van der Waals surface area contributed by atoms with Crippen molar-refractivity contribution in [3.05, 3.63) is 23.8 Å². The van der Waals surface area contributed by atoms with Crippen LogP contribution in [0.3, 0.4) is 0 Å². The first-order valence-electron chi connectivity index (χ1n) is 9.51. The van der Waals surface area contributed by atoms with Crippen molar-refractivity contribution in [1.82, 2.24) is 9.80 Å². The van der Waals surface area contributed by atoms with E-state index in [0.717, 1.165) is 76.7 Å². The molecule has 2 fully saturated rings. The number of amides is 1. The maximum atomic E-state index is 12.6. The van der Waals surface area contributed by atoms with Gasteiger partial charge in [-0.15, -0.1) is 0 Å². The van der Waals surface area contributed by atoms with Crippen molar-refractivity contribution in [3.8, 4) is 11.5 Å².